The molecule has 422 valence electrons. The maximum Gasteiger partial charge on any atom is 0.306 e. The van der Waals surface area contributed by atoms with E-state index in [1.807, 2.05) is 0 Å². The van der Waals surface area contributed by atoms with Crippen LogP contribution in [0.2, 0.25) is 0 Å². The molecule has 1 atom stereocenters. The van der Waals surface area contributed by atoms with Gasteiger partial charge in [0.25, 0.3) is 0 Å². The summed E-state index contributed by atoms with van der Waals surface area (Å²) in [7, 11) is 0. The summed E-state index contributed by atoms with van der Waals surface area (Å²) in [5.74, 6) is -0.902. The molecule has 0 aliphatic rings. The number of esters is 3. The highest BCUT2D eigenvalue weighted by Crippen LogP contribution is 2.16. The summed E-state index contributed by atoms with van der Waals surface area (Å²) in [6, 6.07) is 0. The van der Waals surface area contributed by atoms with Crippen LogP contribution in [0.1, 0.15) is 316 Å². The summed E-state index contributed by atoms with van der Waals surface area (Å²) < 4.78 is 16.9. The van der Waals surface area contributed by atoms with Crippen molar-refractivity contribution in [3.05, 3.63) is 72.9 Å². The van der Waals surface area contributed by atoms with E-state index in [0.29, 0.717) is 19.3 Å². The molecular weight excluding hydrogens is 901 g/mol. The molecule has 73 heavy (non-hydrogen) atoms. The van der Waals surface area contributed by atoms with Gasteiger partial charge in [0.05, 0.1) is 0 Å². The Labute approximate surface area is 453 Å². The Morgan fingerprint density at radius 3 is 0.808 bits per heavy atom. The van der Waals surface area contributed by atoms with Crippen LogP contribution in [0.25, 0.3) is 0 Å². The molecule has 0 spiro atoms. The standard InChI is InChI=1S/C67H118O6/c1-4-7-10-13-16-19-22-25-28-30-31-32-33-34-35-36-37-38-40-42-45-48-51-54-57-60-66(69)72-63-64(62-71-65(68)59-56-53-50-47-44-41-27-24-21-18-15-12-9-6-3)73-67(70)61-58-55-52-49-46-43-39-29-26-23-20-17-14-11-8-5-2/h15,18,20,22-25,27,29-31,39,64H,4-14,16-17,19,21,26,28,32-38,40-63H2,1-3H3/b18-15-,23-20-,25-22-,27-24-,31-30-,39-29-. The van der Waals surface area contributed by atoms with E-state index in [1.165, 1.54) is 167 Å². The quantitative estimate of drug-likeness (QED) is 0.0261. The molecule has 0 bridgehead atoms. The first-order chi connectivity index (χ1) is 36.0. The molecule has 0 radical (unpaired) electrons. The number of allylic oxidation sites excluding steroid dienone is 12. The van der Waals surface area contributed by atoms with E-state index in [4.69, 9.17) is 14.2 Å². The second kappa shape index (κ2) is 61.4. The van der Waals surface area contributed by atoms with Gasteiger partial charge in [0.2, 0.25) is 0 Å². The van der Waals surface area contributed by atoms with E-state index in [1.54, 1.807) is 0 Å². The Morgan fingerprint density at radius 2 is 0.507 bits per heavy atom. The lowest BCUT2D eigenvalue weighted by Gasteiger charge is -2.18. The fourth-order valence-corrected chi connectivity index (χ4v) is 8.87. The zero-order chi connectivity index (χ0) is 52.9. The summed E-state index contributed by atoms with van der Waals surface area (Å²) in [6.07, 6.45) is 79.0. The Hall–Kier alpha value is -3.15. The zero-order valence-corrected chi connectivity index (χ0v) is 48.4. The van der Waals surface area contributed by atoms with Crippen molar-refractivity contribution < 1.29 is 28.6 Å². The number of hydrogen-bond acceptors (Lipinski definition) is 6. The summed E-state index contributed by atoms with van der Waals surface area (Å²) in [6.45, 7) is 6.58. The van der Waals surface area contributed by atoms with Crippen molar-refractivity contribution in [2.45, 2.75) is 322 Å². The van der Waals surface area contributed by atoms with Crippen LogP contribution >= 0.6 is 0 Å². The van der Waals surface area contributed by atoms with Gasteiger partial charge in [-0.25, -0.2) is 0 Å². The minimum atomic E-state index is -0.789. The smallest absolute Gasteiger partial charge is 0.306 e. The molecule has 0 saturated heterocycles. The van der Waals surface area contributed by atoms with Gasteiger partial charge in [0.15, 0.2) is 6.10 Å². The highest BCUT2D eigenvalue weighted by molar-refractivity contribution is 5.71. The van der Waals surface area contributed by atoms with Gasteiger partial charge in [-0.2, -0.15) is 0 Å². The van der Waals surface area contributed by atoms with Crippen molar-refractivity contribution in [1.29, 1.82) is 0 Å². The minimum absolute atomic E-state index is 0.0848. The highest BCUT2D eigenvalue weighted by Gasteiger charge is 2.19. The van der Waals surface area contributed by atoms with Crippen molar-refractivity contribution in [3.8, 4) is 0 Å². The van der Waals surface area contributed by atoms with Gasteiger partial charge in [-0.05, 0) is 109 Å². The first-order valence-corrected chi connectivity index (χ1v) is 31.4. The van der Waals surface area contributed by atoms with Crippen LogP contribution in [0.15, 0.2) is 72.9 Å². The average Bonchev–Trinajstić information content (AvgIpc) is 3.39. The molecule has 0 aromatic carbocycles. The van der Waals surface area contributed by atoms with Crippen LogP contribution in [-0.4, -0.2) is 37.2 Å². The third kappa shape index (κ3) is 59.6. The number of carbonyl (C=O) groups is 3. The van der Waals surface area contributed by atoms with Gasteiger partial charge < -0.3 is 14.2 Å². The molecule has 0 rings (SSSR count). The van der Waals surface area contributed by atoms with E-state index in [-0.39, 0.29) is 31.1 Å². The monoisotopic (exact) mass is 1020 g/mol. The van der Waals surface area contributed by atoms with Crippen molar-refractivity contribution in [1.82, 2.24) is 0 Å². The molecule has 0 aromatic heterocycles. The predicted molar refractivity (Wildman–Crippen MR) is 316 cm³/mol. The number of carbonyl (C=O) groups excluding carboxylic acids is 3. The summed E-state index contributed by atoms with van der Waals surface area (Å²) >= 11 is 0. The van der Waals surface area contributed by atoms with Gasteiger partial charge in [-0.3, -0.25) is 14.4 Å². The maximum absolute atomic E-state index is 12.9. The number of unbranched alkanes of at least 4 members (excludes halogenated alkanes) is 34. The van der Waals surface area contributed by atoms with Crippen molar-refractivity contribution in [3.63, 3.8) is 0 Å². The fraction of sp³-hybridized carbons (Fsp3) is 0.776. The Kier molecular flexibility index (Phi) is 58.7. The normalized spacial score (nSPS) is 12.5. The number of rotatable bonds is 57. The lowest BCUT2D eigenvalue weighted by Crippen LogP contribution is -2.30. The van der Waals surface area contributed by atoms with Crippen LogP contribution in [0.4, 0.5) is 0 Å². The molecule has 6 nitrogen and oxygen atoms in total. The molecule has 0 aromatic rings. The van der Waals surface area contributed by atoms with E-state index in [9.17, 15) is 14.4 Å². The third-order valence-electron chi connectivity index (χ3n) is 13.7. The molecule has 0 N–H and O–H groups in total. The van der Waals surface area contributed by atoms with Crippen molar-refractivity contribution in [2.24, 2.45) is 0 Å². The van der Waals surface area contributed by atoms with Crippen molar-refractivity contribution >= 4 is 17.9 Å². The van der Waals surface area contributed by atoms with Crippen LogP contribution in [-0.2, 0) is 28.6 Å². The van der Waals surface area contributed by atoms with Gasteiger partial charge >= 0.3 is 17.9 Å². The molecule has 1 unspecified atom stereocenters. The van der Waals surface area contributed by atoms with Crippen LogP contribution in [0, 0.1) is 0 Å². The minimum Gasteiger partial charge on any atom is -0.462 e. The largest absolute Gasteiger partial charge is 0.462 e. The molecule has 6 heteroatoms. The lowest BCUT2D eigenvalue weighted by molar-refractivity contribution is -0.167. The Bertz CT molecular complexity index is 1360. The second-order valence-electron chi connectivity index (χ2n) is 21.0. The van der Waals surface area contributed by atoms with Gasteiger partial charge in [0, 0.05) is 19.3 Å². The zero-order valence-electron chi connectivity index (χ0n) is 48.4. The number of hydrogen-bond donors (Lipinski definition) is 0. The van der Waals surface area contributed by atoms with Crippen LogP contribution < -0.4 is 0 Å². The van der Waals surface area contributed by atoms with E-state index >= 15 is 0 Å². The van der Waals surface area contributed by atoms with E-state index < -0.39 is 6.10 Å². The molecule has 0 saturated carbocycles. The highest BCUT2D eigenvalue weighted by atomic mass is 16.6. The van der Waals surface area contributed by atoms with Gasteiger partial charge in [-0.15, -0.1) is 0 Å². The van der Waals surface area contributed by atoms with E-state index in [2.05, 4.69) is 93.7 Å². The first-order valence-electron chi connectivity index (χ1n) is 31.4. The topological polar surface area (TPSA) is 78.9 Å². The summed E-state index contributed by atoms with van der Waals surface area (Å²) in [5.41, 5.74) is 0. The van der Waals surface area contributed by atoms with Gasteiger partial charge in [-0.1, -0.05) is 261 Å². The maximum atomic E-state index is 12.9. The summed E-state index contributed by atoms with van der Waals surface area (Å²) in [5, 5.41) is 0. The van der Waals surface area contributed by atoms with Crippen molar-refractivity contribution in [2.75, 3.05) is 13.2 Å². The fourth-order valence-electron chi connectivity index (χ4n) is 8.87. The van der Waals surface area contributed by atoms with Crippen LogP contribution in [0.5, 0.6) is 0 Å². The molecular formula is C67H118O6. The first kappa shape index (κ1) is 69.8. The van der Waals surface area contributed by atoms with E-state index in [0.717, 1.165) is 109 Å². The predicted octanol–water partition coefficient (Wildman–Crippen LogP) is 21.3. The second-order valence-corrected chi connectivity index (χ2v) is 21.0. The lowest BCUT2D eigenvalue weighted by atomic mass is 10.0. The molecule has 0 fully saturated rings. The third-order valence-corrected chi connectivity index (χ3v) is 13.7. The molecule has 0 amide bonds. The molecule has 0 aliphatic carbocycles. The Morgan fingerprint density at radius 1 is 0.274 bits per heavy atom. The molecule has 0 heterocycles. The SMILES string of the molecule is CCCC/C=C\C/C=C\CCCCCCCC(=O)OCC(COC(=O)CCCCCCCCCCCCCCC/C=C\C/C=C\CCCCCCC)OC(=O)CCCCCCC/C=C\C/C=C\CCCCCC. The summed E-state index contributed by atoms with van der Waals surface area (Å²) in [4.78, 5) is 38.2. The number of ether oxygens (including phenoxy) is 3. The van der Waals surface area contributed by atoms with Crippen LogP contribution in [0.3, 0.4) is 0 Å². The van der Waals surface area contributed by atoms with Gasteiger partial charge in [0.1, 0.15) is 13.2 Å². The average molecular weight is 1020 g/mol. The molecule has 0 aliphatic heterocycles. The Balaban J connectivity index is 4.31.